The lowest BCUT2D eigenvalue weighted by molar-refractivity contribution is 0.409. The van der Waals surface area contributed by atoms with Crippen molar-refractivity contribution in [1.29, 1.82) is 0 Å². The molecule has 0 fully saturated rings. The minimum absolute atomic E-state index is 0.0843. The molecule has 1 aliphatic heterocycles. The largest absolute Gasteiger partial charge is 0.350 e. The zero-order chi connectivity index (χ0) is 29.3. The summed E-state index contributed by atoms with van der Waals surface area (Å²) in [7, 11) is 0. The van der Waals surface area contributed by atoms with Gasteiger partial charge in [-0.2, -0.15) is 0 Å². The Bertz CT molecular complexity index is 1950. The molecule has 0 spiro atoms. The fourth-order valence-electron chi connectivity index (χ4n) is 6.73. The number of nitrogens with zero attached hydrogens (tertiary/aromatic N) is 1. The van der Waals surface area contributed by atoms with E-state index in [4.69, 9.17) is 4.99 Å². The minimum Gasteiger partial charge on any atom is -0.350 e. The molecule has 212 valence electrons. The van der Waals surface area contributed by atoms with Crippen LogP contribution in [0.2, 0.25) is 0 Å². The van der Waals surface area contributed by atoms with Gasteiger partial charge in [0.05, 0.1) is 0 Å². The Morgan fingerprint density at radius 2 is 1.07 bits per heavy atom. The van der Waals surface area contributed by atoms with Crippen LogP contribution in [0.15, 0.2) is 157 Å². The Labute approximate surface area is 259 Å². The summed E-state index contributed by atoms with van der Waals surface area (Å²) in [6, 6.07) is 54.2. The third kappa shape index (κ3) is 4.92. The van der Waals surface area contributed by atoms with E-state index in [1.807, 2.05) is 0 Å². The standard InChI is InChI=1S/C41H33N3/c1-4-12-28(13-5-1)29-20-22-31(23-21-29)38-36-25-24-30-14-10-11-19-34(30)35(36)26-27-37(38)41-43-39(32-15-6-2-7-16-32)42-40(44-41)33-17-8-3-9-18-33/h1-23,26-27,39-40,42H,24-25H2,(H,43,44). The zero-order valence-corrected chi connectivity index (χ0v) is 24.4. The SMILES string of the molecule is c1ccc(-c2ccc(-c3c(C4=NC(c5ccccc5)NC(c5ccccc5)N4)ccc4c3CCc3ccccc3-4)cc2)cc1. The molecule has 44 heavy (non-hydrogen) atoms. The summed E-state index contributed by atoms with van der Waals surface area (Å²) in [6.45, 7) is 0. The summed E-state index contributed by atoms with van der Waals surface area (Å²) in [6.07, 6.45) is 1.76. The molecule has 0 radical (unpaired) electrons. The van der Waals surface area contributed by atoms with Gasteiger partial charge in [-0.3, -0.25) is 5.32 Å². The number of fused-ring (bicyclic) bond motifs is 3. The predicted molar refractivity (Wildman–Crippen MR) is 181 cm³/mol. The van der Waals surface area contributed by atoms with E-state index in [1.165, 1.54) is 50.1 Å². The summed E-state index contributed by atoms with van der Waals surface area (Å²) in [5.41, 5.74) is 13.9. The second kappa shape index (κ2) is 11.4. The maximum Gasteiger partial charge on any atom is 0.132 e. The quantitative estimate of drug-likeness (QED) is 0.218. The molecule has 0 saturated heterocycles. The van der Waals surface area contributed by atoms with Gasteiger partial charge in [-0.05, 0) is 68.5 Å². The summed E-state index contributed by atoms with van der Waals surface area (Å²) in [5.74, 6) is 0.912. The van der Waals surface area contributed by atoms with Crippen LogP contribution in [0.25, 0.3) is 33.4 Å². The van der Waals surface area contributed by atoms with E-state index in [1.54, 1.807) is 0 Å². The molecule has 1 heterocycles. The average molecular weight is 568 g/mol. The van der Waals surface area contributed by atoms with Crippen molar-refractivity contribution < 1.29 is 0 Å². The Kier molecular flexibility index (Phi) is 6.86. The molecular weight excluding hydrogens is 534 g/mol. The van der Waals surface area contributed by atoms with Crippen LogP contribution >= 0.6 is 0 Å². The first-order valence-corrected chi connectivity index (χ1v) is 15.4. The van der Waals surface area contributed by atoms with E-state index >= 15 is 0 Å². The Morgan fingerprint density at radius 1 is 0.477 bits per heavy atom. The highest BCUT2D eigenvalue weighted by atomic mass is 15.3. The molecule has 2 N–H and O–H groups in total. The first kappa shape index (κ1) is 26.4. The van der Waals surface area contributed by atoms with Gasteiger partial charge < -0.3 is 5.32 Å². The van der Waals surface area contributed by atoms with Crippen LogP contribution < -0.4 is 10.6 Å². The number of nitrogens with one attached hydrogen (secondary N) is 2. The van der Waals surface area contributed by atoms with E-state index in [9.17, 15) is 0 Å². The second-order valence-corrected chi connectivity index (χ2v) is 11.6. The molecule has 3 heteroatoms. The molecule has 6 aromatic rings. The summed E-state index contributed by atoms with van der Waals surface area (Å²) in [4.78, 5) is 5.34. The highest BCUT2D eigenvalue weighted by molar-refractivity contribution is 6.07. The van der Waals surface area contributed by atoms with E-state index in [0.717, 1.165) is 29.8 Å². The second-order valence-electron chi connectivity index (χ2n) is 11.6. The van der Waals surface area contributed by atoms with Crippen LogP contribution in [-0.4, -0.2) is 5.84 Å². The zero-order valence-electron chi connectivity index (χ0n) is 24.4. The predicted octanol–water partition coefficient (Wildman–Crippen LogP) is 9.12. The van der Waals surface area contributed by atoms with E-state index < -0.39 is 0 Å². The molecule has 8 rings (SSSR count). The van der Waals surface area contributed by atoms with Crippen molar-refractivity contribution >= 4 is 5.84 Å². The molecule has 6 aromatic carbocycles. The van der Waals surface area contributed by atoms with Crippen molar-refractivity contribution in [2.75, 3.05) is 0 Å². The van der Waals surface area contributed by atoms with E-state index in [-0.39, 0.29) is 12.3 Å². The number of amidine groups is 1. The Morgan fingerprint density at radius 3 is 1.82 bits per heavy atom. The highest BCUT2D eigenvalue weighted by Crippen LogP contribution is 2.42. The van der Waals surface area contributed by atoms with Crippen molar-refractivity contribution in [2.45, 2.75) is 25.2 Å². The van der Waals surface area contributed by atoms with Crippen LogP contribution in [0.4, 0.5) is 0 Å². The van der Waals surface area contributed by atoms with Crippen LogP contribution in [-0.2, 0) is 12.8 Å². The third-order valence-electron chi connectivity index (χ3n) is 8.91. The summed E-state index contributed by atoms with van der Waals surface area (Å²) in [5, 5.41) is 7.55. The van der Waals surface area contributed by atoms with Gasteiger partial charge in [0.25, 0.3) is 0 Å². The highest BCUT2D eigenvalue weighted by Gasteiger charge is 2.29. The summed E-state index contributed by atoms with van der Waals surface area (Å²) < 4.78 is 0. The molecule has 2 atom stereocenters. The smallest absolute Gasteiger partial charge is 0.132 e. The van der Waals surface area contributed by atoms with Gasteiger partial charge in [0, 0.05) is 5.56 Å². The number of aryl methyl sites for hydroxylation is 1. The van der Waals surface area contributed by atoms with Crippen LogP contribution in [0.1, 0.15) is 40.1 Å². The molecule has 2 aliphatic rings. The number of benzene rings is 6. The van der Waals surface area contributed by atoms with Gasteiger partial charge in [0.2, 0.25) is 0 Å². The Hall–Kier alpha value is -5.25. The Balaban J connectivity index is 1.30. The van der Waals surface area contributed by atoms with E-state index in [2.05, 4.69) is 162 Å². The van der Waals surface area contributed by atoms with Crippen molar-refractivity contribution in [3.05, 3.63) is 179 Å². The van der Waals surface area contributed by atoms with Crippen molar-refractivity contribution in [3.63, 3.8) is 0 Å². The fourth-order valence-corrected chi connectivity index (χ4v) is 6.73. The number of rotatable bonds is 5. The molecule has 3 nitrogen and oxygen atoms in total. The van der Waals surface area contributed by atoms with E-state index in [0.29, 0.717) is 0 Å². The number of hydrogen-bond acceptors (Lipinski definition) is 3. The minimum atomic E-state index is -0.178. The van der Waals surface area contributed by atoms with Crippen molar-refractivity contribution in [1.82, 2.24) is 10.6 Å². The average Bonchev–Trinajstić information content (AvgIpc) is 3.12. The number of hydrogen-bond donors (Lipinski definition) is 2. The van der Waals surface area contributed by atoms with Gasteiger partial charge in [-0.15, -0.1) is 0 Å². The monoisotopic (exact) mass is 567 g/mol. The van der Waals surface area contributed by atoms with Gasteiger partial charge in [-0.25, -0.2) is 4.99 Å². The van der Waals surface area contributed by atoms with Crippen LogP contribution in [0, 0.1) is 0 Å². The van der Waals surface area contributed by atoms with Gasteiger partial charge in [0.15, 0.2) is 0 Å². The lowest BCUT2D eigenvalue weighted by Gasteiger charge is -2.33. The lowest BCUT2D eigenvalue weighted by atomic mass is 9.79. The normalized spacial score (nSPS) is 17.1. The molecule has 1 aliphatic carbocycles. The lowest BCUT2D eigenvalue weighted by Crippen LogP contribution is -2.45. The first-order chi connectivity index (χ1) is 21.8. The molecule has 0 aromatic heterocycles. The van der Waals surface area contributed by atoms with Gasteiger partial charge in [-0.1, -0.05) is 152 Å². The van der Waals surface area contributed by atoms with Crippen LogP contribution in [0.5, 0.6) is 0 Å². The maximum atomic E-state index is 5.34. The number of aliphatic imine (C=N–C) groups is 1. The topological polar surface area (TPSA) is 36.4 Å². The first-order valence-electron chi connectivity index (χ1n) is 15.4. The molecule has 0 bridgehead atoms. The molecule has 2 unspecified atom stereocenters. The van der Waals surface area contributed by atoms with Crippen molar-refractivity contribution in [3.8, 4) is 33.4 Å². The van der Waals surface area contributed by atoms with Gasteiger partial charge >= 0.3 is 0 Å². The summed E-state index contributed by atoms with van der Waals surface area (Å²) >= 11 is 0. The van der Waals surface area contributed by atoms with Crippen LogP contribution in [0.3, 0.4) is 0 Å². The fraction of sp³-hybridized carbons (Fsp3) is 0.0976. The molecular formula is C41H33N3. The van der Waals surface area contributed by atoms with Gasteiger partial charge in [0.1, 0.15) is 18.2 Å². The third-order valence-corrected chi connectivity index (χ3v) is 8.91. The molecule has 0 amide bonds. The molecule has 0 saturated carbocycles. The van der Waals surface area contributed by atoms with Crippen molar-refractivity contribution in [2.24, 2.45) is 4.99 Å². The maximum absolute atomic E-state index is 5.34.